The SMILES string of the molecule is CCC(C)C(NC(=O)C(NC(=O)C(CC(N)=O)NC(=O)C(N)CCC(N)=O)C(C)C)C(=O)O. The van der Waals surface area contributed by atoms with E-state index in [0.717, 1.165) is 0 Å². The number of amides is 5. The number of rotatable bonds is 15. The molecule has 0 spiro atoms. The van der Waals surface area contributed by atoms with Gasteiger partial charge in [-0.1, -0.05) is 34.1 Å². The molecule has 13 heteroatoms. The molecular weight excluding hydrogens is 436 g/mol. The monoisotopic (exact) mass is 472 g/mol. The molecule has 0 aromatic heterocycles. The second kappa shape index (κ2) is 14.0. The van der Waals surface area contributed by atoms with E-state index in [2.05, 4.69) is 16.0 Å². The molecule has 0 saturated carbocycles. The zero-order valence-corrected chi connectivity index (χ0v) is 19.4. The van der Waals surface area contributed by atoms with Crippen LogP contribution in [-0.2, 0) is 28.8 Å². The van der Waals surface area contributed by atoms with Gasteiger partial charge in [-0.05, 0) is 18.3 Å². The molecule has 13 nitrogen and oxygen atoms in total. The number of carboxylic acid groups (broad SMARTS) is 1. The predicted molar refractivity (Wildman–Crippen MR) is 118 cm³/mol. The summed E-state index contributed by atoms with van der Waals surface area (Å²) < 4.78 is 0. The zero-order valence-electron chi connectivity index (χ0n) is 19.4. The van der Waals surface area contributed by atoms with Crippen LogP contribution >= 0.6 is 0 Å². The molecule has 10 N–H and O–H groups in total. The number of nitrogens with two attached hydrogens (primary N) is 3. The van der Waals surface area contributed by atoms with Gasteiger partial charge in [-0.25, -0.2) is 4.79 Å². The van der Waals surface area contributed by atoms with Crippen molar-refractivity contribution in [3.05, 3.63) is 0 Å². The molecular formula is C20H36N6O7. The molecule has 0 aliphatic heterocycles. The maximum Gasteiger partial charge on any atom is 0.326 e. The van der Waals surface area contributed by atoms with Crippen LogP contribution in [0.5, 0.6) is 0 Å². The fourth-order valence-electron chi connectivity index (χ4n) is 2.83. The van der Waals surface area contributed by atoms with Crippen LogP contribution in [0.2, 0.25) is 0 Å². The molecule has 5 amide bonds. The lowest BCUT2D eigenvalue weighted by atomic mass is 9.97. The Bertz CT molecular complexity index is 742. The van der Waals surface area contributed by atoms with E-state index in [9.17, 15) is 33.9 Å². The average molecular weight is 473 g/mol. The van der Waals surface area contributed by atoms with Crippen molar-refractivity contribution in [2.24, 2.45) is 29.0 Å². The summed E-state index contributed by atoms with van der Waals surface area (Å²) in [5, 5.41) is 16.5. The molecule has 0 fully saturated rings. The Hall–Kier alpha value is -3.22. The molecule has 0 bridgehead atoms. The molecule has 0 heterocycles. The van der Waals surface area contributed by atoms with E-state index in [4.69, 9.17) is 17.2 Å². The molecule has 33 heavy (non-hydrogen) atoms. The first-order valence-corrected chi connectivity index (χ1v) is 10.7. The van der Waals surface area contributed by atoms with Gasteiger partial charge in [-0.3, -0.25) is 24.0 Å². The highest BCUT2D eigenvalue weighted by atomic mass is 16.4. The van der Waals surface area contributed by atoms with Crippen LogP contribution in [-0.4, -0.2) is 64.8 Å². The first-order valence-electron chi connectivity index (χ1n) is 10.7. The lowest BCUT2D eigenvalue weighted by Crippen LogP contribution is -2.59. The fraction of sp³-hybridized carbons (Fsp3) is 0.700. The molecule has 5 atom stereocenters. The number of nitrogens with one attached hydrogen (secondary N) is 3. The third-order valence-corrected chi connectivity index (χ3v) is 5.10. The Labute approximate surface area is 192 Å². The maximum absolute atomic E-state index is 12.8. The Morgan fingerprint density at radius 2 is 1.36 bits per heavy atom. The second-order valence-corrected chi connectivity index (χ2v) is 8.28. The topological polar surface area (TPSA) is 237 Å². The average Bonchev–Trinajstić information content (AvgIpc) is 2.71. The minimum atomic E-state index is -1.44. The van der Waals surface area contributed by atoms with Crippen LogP contribution in [0.25, 0.3) is 0 Å². The van der Waals surface area contributed by atoms with Gasteiger partial charge in [0.2, 0.25) is 29.5 Å². The minimum Gasteiger partial charge on any atom is -0.480 e. The molecule has 0 aromatic carbocycles. The number of aliphatic carboxylic acids is 1. The number of carboxylic acids is 1. The molecule has 0 aliphatic rings. The highest BCUT2D eigenvalue weighted by molar-refractivity contribution is 5.96. The van der Waals surface area contributed by atoms with Crippen molar-refractivity contribution in [2.45, 2.75) is 77.5 Å². The molecule has 188 valence electrons. The lowest BCUT2D eigenvalue weighted by molar-refractivity contribution is -0.144. The number of hydrogen-bond donors (Lipinski definition) is 7. The summed E-state index contributed by atoms with van der Waals surface area (Å²) in [6.45, 7) is 6.71. The van der Waals surface area contributed by atoms with Crippen molar-refractivity contribution < 1.29 is 33.9 Å². The summed E-state index contributed by atoms with van der Waals surface area (Å²) in [7, 11) is 0. The van der Waals surface area contributed by atoms with Crippen molar-refractivity contribution >= 4 is 35.5 Å². The van der Waals surface area contributed by atoms with Gasteiger partial charge < -0.3 is 38.3 Å². The van der Waals surface area contributed by atoms with Gasteiger partial charge in [0.25, 0.3) is 0 Å². The van der Waals surface area contributed by atoms with E-state index in [0.29, 0.717) is 6.42 Å². The summed E-state index contributed by atoms with van der Waals surface area (Å²) in [4.78, 5) is 71.6. The smallest absolute Gasteiger partial charge is 0.326 e. The Morgan fingerprint density at radius 1 is 0.818 bits per heavy atom. The highest BCUT2D eigenvalue weighted by Gasteiger charge is 2.33. The maximum atomic E-state index is 12.8. The minimum absolute atomic E-state index is 0.0741. The third kappa shape index (κ3) is 10.8. The summed E-state index contributed by atoms with van der Waals surface area (Å²) in [5.41, 5.74) is 15.9. The van der Waals surface area contributed by atoms with E-state index in [-0.39, 0.29) is 18.8 Å². The van der Waals surface area contributed by atoms with Crippen LogP contribution in [0.3, 0.4) is 0 Å². The molecule has 0 aromatic rings. The van der Waals surface area contributed by atoms with Crippen LogP contribution in [0.15, 0.2) is 0 Å². The van der Waals surface area contributed by atoms with E-state index in [1.807, 2.05) is 0 Å². The molecule has 5 unspecified atom stereocenters. The van der Waals surface area contributed by atoms with Gasteiger partial charge in [0.15, 0.2) is 0 Å². The molecule has 0 saturated heterocycles. The fourth-order valence-corrected chi connectivity index (χ4v) is 2.83. The molecule has 0 aliphatic carbocycles. The first-order chi connectivity index (χ1) is 15.2. The Kier molecular flexibility index (Phi) is 12.7. The van der Waals surface area contributed by atoms with E-state index in [1.54, 1.807) is 27.7 Å². The van der Waals surface area contributed by atoms with Gasteiger partial charge in [0, 0.05) is 6.42 Å². The summed E-state index contributed by atoms with van der Waals surface area (Å²) in [6.07, 6.45) is -0.303. The number of carbonyl (C=O) groups is 6. The van der Waals surface area contributed by atoms with Crippen LogP contribution in [0, 0.1) is 11.8 Å². The summed E-state index contributed by atoms with van der Waals surface area (Å²) >= 11 is 0. The Balaban J connectivity index is 5.46. The largest absolute Gasteiger partial charge is 0.480 e. The van der Waals surface area contributed by atoms with Gasteiger partial charge in [0.05, 0.1) is 12.5 Å². The van der Waals surface area contributed by atoms with Gasteiger partial charge in [0.1, 0.15) is 18.1 Å². The van der Waals surface area contributed by atoms with Crippen molar-refractivity contribution in [2.75, 3.05) is 0 Å². The zero-order chi connectivity index (χ0) is 25.9. The standard InChI is InChI=1S/C20H36N6O7/c1-5-10(4)16(20(32)33)26-19(31)15(9(2)3)25-18(30)12(8-14(23)28)24-17(29)11(21)6-7-13(22)27/h9-12,15-16H,5-8,21H2,1-4H3,(H2,22,27)(H2,23,28)(H,24,29)(H,25,30)(H,26,31)(H,32,33). The summed E-state index contributed by atoms with van der Waals surface area (Å²) in [5.74, 6) is -6.01. The highest BCUT2D eigenvalue weighted by Crippen LogP contribution is 2.10. The van der Waals surface area contributed by atoms with E-state index in [1.165, 1.54) is 0 Å². The van der Waals surface area contributed by atoms with Crippen LogP contribution in [0.1, 0.15) is 53.4 Å². The number of hydrogen-bond acceptors (Lipinski definition) is 7. The Morgan fingerprint density at radius 3 is 1.79 bits per heavy atom. The number of carbonyl (C=O) groups excluding carboxylic acids is 5. The number of primary amides is 2. The van der Waals surface area contributed by atoms with Gasteiger partial charge in [-0.15, -0.1) is 0 Å². The van der Waals surface area contributed by atoms with Crippen molar-refractivity contribution in [3.8, 4) is 0 Å². The molecule has 0 radical (unpaired) electrons. The van der Waals surface area contributed by atoms with E-state index >= 15 is 0 Å². The van der Waals surface area contributed by atoms with Gasteiger partial charge >= 0.3 is 5.97 Å². The quantitative estimate of drug-likeness (QED) is 0.136. The lowest BCUT2D eigenvalue weighted by Gasteiger charge is -2.28. The predicted octanol–water partition coefficient (Wildman–Crippen LogP) is -2.30. The first kappa shape index (κ1) is 29.8. The normalized spacial score (nSPS) is 15.5. The van der Waals surface area contributed by atoms with Crippen molar-refractivity contribution in [1.82, 2.24) is 16.0 Å². The van der Waals surface area contributed by atoms with E-state index < -0.39 is 72.0 Å². The second-order valence-electron chi connectivity index (χ2n) is 8.28. The van der Waals surface area contributed by atoms with Gasteiger partial charge in [-0.2, -0.15) is 0 Å². The van der Waals surface area contributed by atoms with Crippen LogP contribution in [0.4, 0.5) is 0 Å². The van der Waals surface area contributed by atoms with Crippen LogP contribution < -0.4 is 33.2 Å². The molecule has 0 rings (SSSR count). The third-order valence-electron chi connectivity index (χ3n) is 5.10. The summed E-state index contributed by atoms with van der Waals surface area (Å²) in [6, 6.07) is -4.92. The van der Waals surface area contributed by atoms with Crippen molar-refractivity contribution in [3.63, 3.8) is 0 Å². The van der Waals surface area contributed by atoms with Crippen molar-refractivity contribution in [1.29, 1.82) is 0 Å².